The van der Waals surface area contributed by atoms with Gasteiger partial charge in [-0.3, -0.25) is 0 Å². The first kappa shape index (κ1) is 11.2. The molecule has 0 aliphatic heterocycles. The van der Waals surface area contributed by atoms with Gasteiger partial charge in [0.2, 0.25) is 0 Å². The number of anilines is 1. The molecule has 1 aliphatic rings. The van der Waals surface area contributed by atoms with Gasteiger partial charge in [0.05, 0.1) is 17.2 Å². The number of nitrogens with zero attached hydrogens (tertiary/aromatic N) is 2. The quantitative estimate of drug-likeness (QED) is 0.852. The summed E-state index contributed by atoms with van der Waals surface area (Å²) >= 11 is 1.52. The Kier molecular flexibility index (Phi) is 2.57. The molecule has 2 aromatic rings. The van der Waals surface area contributed by atoms with E-state index in [1.54, 1.807) is 0 Å². The lowest BCUT2D eigenvalue weighted by Gasteiger charge is -2.30. The molecule has 1 aliphatic carbocycles. The van der Waals surface area contributed by atoms with Crippen LogP contribution >= 0.6 is 11.3 Å². The van der Waals surface area contributed by atoms with E-state index >= 15 is 0 Å². The van der Waals surface area contributed by atoms with Crippen LogP contribution in [0.1, 0.15) is 22.6 Å². The van der Waals surface area contributed by atoms with Crippen LogP contribution in [0.5, 0.6) is 0 Å². The summed E-state index contributed by atoms with van der Waals surface area (Å²) in [5, 5.41) is 10.2. The molecule has 18 heavy (non-hydrogen) atoms. The molecule has 0 bridgehead atoms. The zero-order chi connectivity index (χ0) is 12.6. The van der Waals surface area contributed by atoms with E-state index in [2.05, 4.69) is 11.1 Å². The van der Waals surface area contributed by atoms with E-state index in [0.29, 0.717) is 5.13 Å². The van der Waals surface area contributed by atoms with Crippen molar-refractivity contribution in [3.8, 4) is 6.07 Å². The van der Waals surface area contributed by atoms with Gasteiger partial charge in [-0.15, -0.1) is 11.3 Å². The molecule has 0 fully saturated rings. The second-order valence-corrected chi connectivity index (χ2v) is 5.77. The fraction of sp³-hybridized carbons (Fsp3) is 0.286. The number of hydrogen-bond acceptors (Lipinski definition) is 4. The Balaban J connectivity index is 2.04. The van der Waals surface area contributed by atoms with Crippen LogP contribution in [0.15, 0.2) is 30.3 Å². The van der Waals surface area contributed by atoms with Gasteiger partial charge in [-0.25, -0.2) is 4.98 Å². The summed E-state index contributed by atoms with van der Waals surface area (Å²) in [6.07, 6.45) is 2.40. The van der Waals surface area contributed by atoms with Crippen molar-refractivity contribution in [2.45, 2.75) is 24.7 Å². The van der Waals surface area contributed by atoms with Gasteiger partial charge in [0.1, 0.15) is 0 Å². The first-order chi connectivity index (χ1) is 8.73. The van der Waals surface area contributed by atoms with E-state index in [0.717, 1.165) is 30.5 Å². The Bertz CT molecular complexity index is 612. The molecule has 1 atom stereocenters. The molecule has 1 aromatic heterocycles. The minimum absolute atomic E-state index is 0.409. The summed E-state index contributed by atoms with van der Waals surface area (Å²) in [4.78, 5) is 5.50. The minimum atomic E-state index is -0.409. The van der Waals surface area contributed by atoms with Crippen molar-refractivity contribution in [2.75, 3.05) is 5.73 Å². The lowest BCUT2D eigenvalue weighted by molar-refractivity contribution is 0.473. The minimum Gasteiger partial charge on any atom is -0.375 e. The van der Waals surface area contributed by atoms with Gasteiger partial charge in [0.25, 0.3) is 0 Å². The molecule has 90 valence electrons. The molecule has 0 spiro atoms. The smallest absolute Gasteiger partial charge is 0.180 e. The molecule has 1 unspecified atom stereocenters. The Hall–Kier alpha value is -1.86. The van der Waals surface area contributed by atoms with Gasteiger partial charge >= 0.3 is 0 Å². The lowest BCUT2D eigenvalue weighted by Crippen LogP contribution is -2.31. The zero-order valence-electron chi connectivity index (χ0n) is 9.89. The zero-order valence-corrected chi connectivity index (χ0v) is 10.7. The first-order valence-corrected chi connectivity index (χ1v) is 6.76. The monoisotopic (exact) mass is 255 g/mol. The maximum absolute atomic E-state index is 9.63. The summed E-state index contributed by atoms with van der Waals surface area (Å²) in [6.45, 7) is 0. The summed E-state index contributed by atoms with van der Waals surface area (Å²) in [5.41, 5.74) is 7.53. The third-order valence-electron chi connectivity index (χ3n) is 3.59. The third kappa shape index (κ3) is 1.68. The van der Waals surface area contributed by atoms with Crippen LogP contribution < -0.4 is 5.73 Å². The molecule has 3 nitrogen and oxygen atoms in total. The van der Waals surface area contributed by atoms with Gasteiger partial charge in [-0.1, -0.05) is 30.3 Å². The summed E-state index contributed by atoms with van der Waals surface area (Å²) < 4.78 is 0. The molecule has 0 saturated carbocycles. The van der Waals surface area contributed by atoms with Crippen molar-refractivity contribution in [2.24, 2.45) is 0 Å². The van der Waals surface area contributed by atoms with Crippen LogP contribution in [0.3, 0.4) is 0 Å². The number of nitrogen functional groups attached to an aromatic ring is 1. The highest BCUT2D eigenvalue weighted by Gasteiger charge is 2.37. The number of rotatable bonds is 1. The van der Waals surface area contributed by atoms with Crippen molar-refractivity contribution >= 4 is 16.5 Å². The molecular weight excluding hydrogens is 242 g/mol. The SMILES string of the molecule is N#CC1(c2ccccc2)CCc2nc(N)sc2C1. The van der Waals surface area contributed by atoms with Crippen LogP contribution in [0, 0.1) is 11.3 Å². The molecular formula is C14H13N3S. The van der Waals surface area contributed by atoms with E-state index in [1.807, 2.05) is 30.3 Å². The number of fused-ring (bicyclic) bond motifs is 1. The summed E-state index contributed by atoms with van der Waals surface area (Å²) in [7, 11) is 0. The molecule has 0 saturated heterocycles. The molecule has 0 radical (unpaired) electrons. The van der Waals surface area contributed by atoms with Crippen molar-refractivity contribution < 1.29 is 0 Å². The van der Waals surface area contributed by atoms with Gasteiger partial charge in [-0.2, -0.15) is 5.26 Å². The van der Waals surface area contributed by atoms with Crippen molar-refractivity contribution in [1.29, 1.82) is 5.26 Å². The van der Waals surface area contributed by atoms with E-state index in [4.69, 9.17) is 5.73 Å². The molecule has 1 aromatic carbocycles. The highest BCUT2D eigenvalue weighted by Crippen LogP contribution is 2.40. The summed E-state index contributed by atoms with van der Waals surface area (Å²) in [6, 6.07) is 12.6. The maximum Gasteiger partial charge on any atom is 0.180 e. The Morgan fingerprint density at radius 1 is 1.33 bits per heavy atom. The molecule has 4 heteroatoms. The normalized spacial score (nSPS) is 22.2. The van der Waals surface area contributed by atoms with Crippen LogP contribution in [-0.4, -0.2) is 4.98 Å². The number of nitrogens with two attached hydrogens (primary N) is 1. The Labute approximate surface area is 110 Å². The number of thiazole rings is 1. The highest BCUT2D eigenvalue weighted by molar-refractivity contribution is 7.15. The predicted molar refractivity (Wildman–Crippen MR) is 72.3 cm³/mol. The second-order valence-electron chi connectivity index (χ2n) is 4.66. The Morgan fingerprint density at radius 2 is 2.11 bits per heavy atom. The average Bonchev–Trinajstić information content (AvgIpc) is 2.78. The van der Waals surface area contributed by atoms with Crippen molar-refractivity contribution in [3.63, 3.8) is 0 Å². The highest BCUT2D eigenvalue weighted by atomic mass is 32.1. The van der Waals surface area contributed by atoms with Crippen LogP contribution in [-0.2, 0) is 18.3 Å². The Morgan fingerprint density at radius 3 is 2.83 bits per heavy atom. The fourth-order valence-corrected chi connectivity index (χ4v) is 3.59. The van der Waals surface area contributed by atoms with E-state index < -0.39 is 5.41 Å². The maximum atomic E-state index is 9.63. The van der Waals surface area contributed by atoms with E-state index in [9.17, 15) is 5.26 Å². The molecule has 1 heterocycles. The predicted octanol–water partition coefficient (Wildman–Crippen LogP) is 2.68. The van der Waals surface area contributed by atoms with E-state index in [-0.39, 0.29) is 0 Å². The molecule has 2 N–H and O–H groups in total. The van der Waals surface area contributed by atoms with Crippen molar-refractivity contribution in [3.05, 3.63) is 46.5 Å². The number of benzene rings is 1. The standard InChI is InChI=1S/C14H13N3S/c15-9-14(10-4-2-1-3-5-10)7-6-11-12(8-14)18-13(16)17-11/h1-5H,6-8H2,(H2,16,17). The lowest BCUT2D eigenvalue weighted by atomic mass is 9.71. The van der Waals surface area contributed by atoms with Gasteiger partial charge in [0, 0.05) is 11.3 Å². The number of aryl methyl sites for hydroxylation is 1. The fourth-order valence-electron chi connectivity index (χ4n) is 2.59. The van der Waals surface area contributed by atoms with Gasteiger partial charge in [0.15, 0.2) is 5.13 Å². The average molecular weight is 255 g/mol. The topological polar surface area (TPSA) is 62.7 Å². The summed E-state index contributed by atoms with van der Waals surface area (Å²) in [5.74, 6) is 0. The van der Waals surface area contributed by atoms with E-state index in [1.165, 1.54) is 16.2 Å². The number of hydrogen-bond donors (Lipinski definition) is 1. The first-order valence-electron chi connectivity index (χ1n) is 5.94. The number of aromatic nitrogens is 1. The third-order valence-corrected chi connectivity index (χ3v) is 4.51. The number of nitriles is 1. The molecule has 0 amide bonds. The second kappa shape index (κ2) is 4.11. The van der Waals surface area contributed by atoms with Gasteiger partial charge in [-0.05, 0) is 18.4 Å². The van der Waals surface area contributed by atoms with Crippen LogP contribution in [0.4, 0.5) is 5.13 Å². The molecule has 3 rings (SSSR count). The largest absolute Gasteiger partial charge is 0.375 e. The van der Waals surface area contributed by atoms with Gasteiger partial charge < -0.3 is 5.73 Å². The van der Waals surface area contributed by atoms with Crippen LogP contribution in [0.2, 0.25) is 0 Å². The van der Waals surface area contributed by atoms with Crippen LogP contribution in [0.25, 0.3) is 0 Å². The van der Waals surface area contributed by atoms with Crippen molar-refractivity contribution in [1.82, 2.24) is 4.98 Å².